The molecule has 3 rings (SSSR count). The van der Waals surface area contributed by atoms with Gasteiger partial charge in [-0.3, -0.25) is 5.01 Å². The number of carbonyl (C=O) groups is 1. The van der Waals surface area contributed by atoms with Crippen molar-refractivity contribution in [3.63, 3.8) is 0 Å². The minimum absolute atomic E-state index is 0.0835. The summed E-state index contributed by atoms with van der Waals surface area (Å²) in [6, 6.07) is 7.57. The fraction of sp³-hybridized carbons (Fsp3) is 0.353. The number of nitrogens with one attached hydrogen (secondary N) is 1. The van der Waals surface area contributed by atoms with E-state index in [4.69, 9.17) is 9.47 Å². The minimum Gasteiger partial charge on any atom is -0.493 e. The maximum Gasteiger partial charge on any atom is 0.354 e. The van der Waals surface area contributed by atoms with E-state index in [0.29, 0.717) is 17.2 Å². The topological polar surface area (TPSA) is 107 Å². The van der Waals surface area contributed by atoms with Crippen molar-refractivity contribution in [3.05, 3.63) is 29.8 Å². The number of hydrogen-bond donors (Lipinski definition) is 2. The van der Waals surface area contributed by atoms with E-state index in [9.17, 15) is 15.2 Å². The third-order valence-corrected chi connectivity index (χ3v) is 5.19. The van der Waals surface area contributed by atoms with Gasteiger partial charge in [-0.15, -0.1) is 11.8 Å². The van der Waals surface area contributed by atoms with Crippen LogP contribution >= 0.6 is 11.8 Å². The first-order valence-electron chi connectivity index (χ1n) is 7.77. The second-order valence-electron chi connectivity index (χ2n) is 5.64. The molecule has 2 N–H and O–H groups in total. The normalized spacial score (nSPS) is 24.2. The zero-order valence-corrected chi connectivity index (χ0v) is 15.3. The van der Waals surface area contributed by atoms with Crippen molar-refractivity contribution in [1.29, 1.82) is 5.26 Å². The number of aliphatic carboxylic acids is 1. The van der Waals surface area contributed by atoms with E-state index >= 15 is 0 Å². The van der Waals surface area contributed by atoms with Crippen LogP contribution in [0.25, 0.3) is 5.70 Å². The fourth-order valence-corrected chi connectivity index (χ4v) is 3.72. The van der Waals surface area contributed by atoms with Gasteiger partial charge < -0.3 is 14.6 Å². The number of hydrogen-bond acceptors (Lipinski definition) is 8. The van der Waals surface area contributed by atoms with Crippen LogP contribution < -0.4 is 14.9 Å². The SMILES string of the molecule is COc1ccc(C2=CC(C(=O)O)=NC3C(C#N)C(SC)NN23)cc1OC. The quantitative estimate of drug-likeness (QED) is 0.800. The van der Waals surface area contributed by atoms with Gasteiger partial charge in [0.2, 0.25) is 0 Å². The maximum atomic E-state index is 11.5. The van der Waals surface area contributed by atoms with Crippen molar-refractivity contribution in [2.75, 3.05) is 20.5 Å². The molecule has 0 bridgehead atoms. The van der Waals surface area contributed by atoms with Crippen molar-refractivity contribution in [3.8, 4) is 17.6 Å². The number of fused-ring (bicyclic) bond motifs is 1. The molecule has 136 valence electrons. The van der Waals surface area contributed by atoms with E-state index in [0.717, 1.165) is 5.56 Å². The number of carboxylic acid groups (broad SMARTS) is 1. The predicted octanol–water partition coefficient (Wildman–Crippen LogP) is 1.56. The van der Waals surface area contributed by atoms with Crippen LogP contribution in [-0.2, 0) is 4.79 Å². The van der Waals surface area contributed by atoms with Crippen LogP contribution in [0.1, 0.15) is 5.56 Å². The van der Waals surface area contributed by atoms with Crippen LogP contribution in [0, 0.1) is 17.2 Å². The Morgan fingerprint density at radius 3 is 2.69 bits per heavy atom. The van der Waals surface area contributed by atoms with Gasteiger partial charge in [0.15, 0.2) is 17.7 Å². The molecule has 3 unspecified atom stereocenters. The Bertz CT molecular complexity index is 833. The number of rotatable bonds is 5. The molecule has 9 heteroatoms. The standard InChI is InChI=1S/C17H18N4O4S/c1-24-13-5-4-9(6-14(13)25-2)12-7-11(17(22)23)19-15-10(8-18)16(26-3)20-21(12)15/h4-7,10,15-16,20H,1-3H3,(H,22,23). The number of thioether (sulfide) groups is 1. The van der Waals surface area contributed by atoms with Crippen LogP contribution in [-0.4, -0.2) is 53.8 Å². The average Bonchev–Trinajstić information content (AvgIpc) is 3.04. The first-order chi connectivity index (χ1) is 12.5. The summed E-state index contributed by atoms with van der Waals surface area (Å²) in [6.07, 6.45) is 2.77. The summed E-state index contributed by atoms with van der Waals surface area (Å²) in [7, 11) is 3.08. The Kier molecular flexibility index (Phi) is 5.06. The first kappa shape index (κ1) is 18.1. The third-order valence-electron chi connectivity index (χ3n) is 4.28. The summed E-state index contributed by atoms with van der Waals surface area (Å²) in [5.74, 6) is -0.517. The lowest BCUT2D eigenvalue weighted by atomic mass is 10.0. The van der Waals surface area contributed by atoms with Crippen molar-refractivity contribution in [1.82, 2.24) is 10.4 Å². The van der Waals surface area contributed by atoms with Crippen molar-refractivity contribution >= 4 is 29.1 Å². The van der Waals surface area contributed by atoms with Gasteiger partial charge in [0, 0.05) is 5.56 Å². The largest absolute Gasteiger partial charge is 0.493 e. The lowest BCUT2D eigenvalue weighted by Crippen LogP contribution is -2.40. The highest BCUT2D eigenvalue weighted by Gasteiger charge is 2.45. The Morgan fingerprint density at radius 1 is 1.38 bits per heavy atom. The lowest BCUT2D eigenvalue weighted by molar-refractivity contribution is -0.129. The molecule has 3 atom stereocenters. The number of aliphatic imine (C=N–C) groups is 1. The molecule has 1 fully saturated rings. The highest BCUT2D eigenvalue weighted by Crippen LogP contribution is 2.38. The van der Waals surface area contributed by atoms with Crippen LogP contribution in [0.2, 0.25) is 0 Å². The average molecular weight is 374 g/mol. The molecular formula is C17H18N4O4S. The molecule has 1 saturated heterocycles. The Hall–Kier alpha value is -2.70. The van der Waals surface area contributed by atoms with Gasteiger partial charge in [-0.2, -0.15) is 5.26 Å². The van der Waals surface area contributed by atoms with Crippen molar-refractivity contribution < 1.29 is 19.4 Å². The number of ether oxygens (including phenoxy) is 2. The number of nitrogens with zero attached hydrogens (tertiary/aromatic N) is 3. The van der Waals surface area contributed by atoms with Crippen LogP contribution in [0.5, 0.6) is 11.5 Å². The molecule has 8 nitrogen and oxygen atoms in total. The highest BCUT2D eigenvalue weighted by molar-refractivity contribution is 7.99. The van der Waals surface area contributed by atoms with Gasteiger partial charge in [0.25, 0.3) is 0 Å². The van der Waals surface area contributed by atoms with Gasteiger partial charge in [-0.05, 0) is 30.5 Å². The third kappa shape index (κ3) is 2.98. The Balaban J connectivity index is 2.09. The van der Waals surface area contributed by atoms with E-state index in [1.54, 1.807) is 24.3 Å². The van der Waals surface area contributed by atoms with E-state index in [1.807, 2.05) is 12.3 Å². The van der Waals surface area contributed by atoms with Gasteiger partial charge in [0.05, 0.1) is 31.4 Å². The second kappa shape index (κ2) is 7.27. The van der Waals surface area contributed by atoms with Gasteiger partial charge >= 0.3 is 5.97 Å². The summed E-state index contributed by atoms with van der Waals surface area (Å²) in [5.41, 5.74) is 4.51. The van der Waals surface area contributed by atoms with Gasteiger partial charge in [0.1, 0.15) is 11.6 Å². The summed E-state index contributed by atoms with van der Waals surface area (Å²) >= 11 is 1.49. The van der Waals surface area contributed by atoms with Crippen molar-refractivity contribution in [2.45, 2.75) is 11.5 Å². The summed E-state index contributed by atoms with van der Waals surface area (Å²) < 4.78 is 10.6. The second-order valence-corrected chi connectivity index (χ2v) is 6.62. The zero-order chi connectivity index (χ0) is 18.8. The highest BCUT2D eigenvalue weighted by atomic mass is 32.2. The number of methoxy groups -OCH3 is 2. The number of benzene rings is 1. The molecule has 0 saturated carbocycles. The molecule has 1 aromatic rings. The molecular weight excluding hydrogens is 356 g/mol. The van der Waals surface area contributed by atoms with Crippen LogP contribution in [0.4, 0.5) is 0 Å². The first-order valence-corrected chi connectivity index (χ1v) is 9.05. The summed E-state index contributed by atoms with van der Waals surface area (Å²) in [6.45, 7) is 0. The molecule has 2 aliphatic rings. The van der Waals surface area contributed by atoms with Crippen molar-refractivity contribution in [2.24, 2.45) is 10.9 Å². The molecule has 0 aromatic heterocycles. The van der Waals surface area contributed by atoms with E-state index in [2.05, 4.69) is 16.5 Å². The molecule has 0 aliphatic carbocycles. The lowest BCUT2D eigenvalue weighted by Gasteiger charge is -2.30. The smallest absolute Gasteiger partial charge is 0.354 e. The van der Waals surface area contributed by atoms with Crippen LogP contribution in [0.15, 0.2) is 29.3 Å². The number of carboxylic acids is 1. The molecule has 1 aromatic carbocycles. The minimum atomic E-state index is -1.13. The molecule has 0 amide bonds. The Labute approximate surface area is 155 Å². The van der Waals surface area contributed by atoms with Gasteiger partial charge in [-0.1, -0.05) is 0 Å². The molecule has 26 heavy (non-hydrogen) atoms. The summed E-state index contributed by atoms with van der Waals surface area (Å²) in [4.78, 5) is 15.8. The van der Waals surface area contributed by atoms with E-state index in [1.165, 1.54) is 24.9 Å². The predicted molar refractivity (Wildman–Crippen MR) is 97.8 cm³/mol. The van der Waals surface area contributed by atoms with Crippen LogP contribution in [0.3, 0.4) is 0 Å². The van der Waals surface area contributed by atoms with E-state index < -0.39 is 18.1 Å². The monoisotopic (exact) mass is 374 g/mol. The number of hydrazine groups is 1. The summed E-state index contributed by atoms with van der Waals surface area (Å²) in [5, 5.41) is 20.5. The van der Waals surface area contributed by atoms with E-state index in [-0.39, 0.29) is 11.1 Å². The fourth-order valence-electron chi connectivity index (χ4n) is 3.01. The maximum absolute atomic E-state index is 11.5. The van der Waals surface area contributed by atoms with Gasteiger partial charge in [-0.25, -0.2) is 15.2 Å². The molecule has 0 radical (unpaired) electrons. The number of nitriles is 1. The Morgan fingerprint density at radius 2 is 2.12 bits per heavy atom. The molecule has 0 spiro atoms. The zero-order valence-electron chi connectivity index (χ0n) is 14.5. The molecule has 2 aliphatic heterocycles. The molecule has 2 heterocycles.